The number of hydrogen-bond acceptors (Lipinski definition) is 3. The van der Waals surface area contributed by atoms with Crippen molar-refractivity contribution in [3.8, 4) is 0 Å². The molecule has 2 N–H and O–H groups in total. The zero-order valence-electron chi connectivity index (χ0n) is 12.8. The lowest BCUT2D eigenvalue weighted by Gasteiger charge is -2.25. The molecular formula is C16H19ClFN3O2. The van der Waals surface area contributed by atoms with Crippen molar-refractivity contribution in [2.45, 2.75) is 18.9 Å². The van der Waals surface area contributed by atoms with Gasteiger partial charge in [-0.15, -0.1) is 12.4 Å². The lowest BCUT2D eigenvalue weighted by Crippen LogP contribution is -2.41. The second kappa shape index (κ2) is 7.10. The summed E-state index contributed by atoms with van der Waals surface area (Å²) in [6.45, 7) is 1.40. The number of fused-ring (bicyclic) bond motifs is 1. The minimum atomic E-state index is -0.443. The molecule has 0 aliphatic carbocycles. The number of likely N-dealkylation sites (tertiary alicyclic amines) is 1. The Morgan fingerprint density at radius 1 is 1.43 bits per heavy atom. The number of aromatic amines is 1. The quantitative estimate of drug-likeness (QED) is 0.898. The third-order valence-corrected chi connectivity index (χ3v) is 4.11. The highest BCUT2D eigenvalue weighted by Crippen LogP contribution is 2.23. The number of benzene rings is 1. The zero-order valence-corrected chi connectivity index (χ0v) is 13.6. The molecule has 5 nitrogen and oxygen atoms in total. The molecule has 2 aromatic rings. The van der Waals surface area contributed by atoms with Crippen LogP contribution in [-0.2, 0) is 0 Å². The van der Waals surface area contributed by atoms with Crippen LogP contribution in [0.3, 0.4) is 0 Å². The molecule has 0 saturated carbocycles. The van der Waals surface area contributed by atoms with Crippen molar-refractivity contribution in [2.24, 2.45) is 0 Å². The molecule has 1 amide bonds. The van der Waals surface area contributed by atoms with E-state index in [0.29, 0.717) is 23.0 Å². The number of carbonyl (C=O) groups excluding carboxylic acids is 1. The molecule has 1 aliphatic heterocycles. The van der Waals surface area contributed by atoms with Crippen LogP contribution < -0.4 is 10.9 Å². The second-order valence-corrected chi connectivity index (χ2v) is 5.59. The number of carbonyl (C=O) groups is 1. The van der Waals surface area contributed by atoms with Gasteiger partial charge in [0.1, 0.15) is 5.82 Å². The van der Waals surface area contributed by atoms with E-state index in [4.69, 9.17) is 0 Å². The fourth-order valence-corrected chi connectivity index (χ4v) is 3.11. The van der Waals surface area contributed by atoms with E-state index in [-0.39, 0.29) is 24.4 Å². The summed E-state index contributed by atoms with van der Waals surface area (Å²) in [6.07, 6.45) is 1.90. The molecule has 2 heterocycles. The van der Waals surface area contributed by atoms with Crippen LogP contribution in [0.5, 0.6) is 0 Å². The van der Waals surface area contributed by atoms with Gasteiger partial charge in [0.05, 0.1) is 11.1 Å². The monoisotopic (exact) mass is 339 g/mol. The molecule has 7 heteroatoms. The van der Waals surface area contributed by atoms with Crippen LogP contribution in [0, 0.1) is 5.82 Å². The number of aromatic nitrogens is 1. The van der Waals surface area contributed by atoms with Crippen LogP contribution in [0.25, 0.3) is 10.9 Å². The normalized spacial score (nSPS) is 17.3. The molecule has 0 radical (unpaired) electrons. The fourth-order valence-electron chi connectivity index (χ4n) is 3.11. The lowest BCUT2D eigenvalue weighted by molar-refractivity contribution is 0.0739. The first-order valence-electron chi connectivity index (χ1n) is 7.38. The average molecular weight is 340 g/mol. The van der Waals surface area contributed by atoms with E-state index in [1.807, 2.05) is 7.05 Å². The average Bonchev–Trinajstić information content (AvgIpc) is 2.94. The molecule has 1 fully saturated rings. The molecule has 0 bridgehead atoms. The van der Waals surface area contributed by atoms with Crippen molar-refractivity contribution in [1.29, 1.82) is 0 Å². The van der Waals surface area contributed by atoms with E-state index in [1.165, 1.54) is 24.3 Å². The third-order valence-electron chi connectivity index (χ3n) is 4.11. The first kappa shape index (κ1) is 17.4. The van der Waals surface area contributed by atoms with E-state index < -0.39 is 11.4 Å². The molecule has 1 saturated heterocycles. The smallest absolute Gasteiger partial charge is 0.255 e. The molecule has 1 atom stereocenters. The van der Waals surface area contributed by atoms with Gasteiger partial charge < -0.3 is 15.2 Å². The summed E-state index contributed by atoms with van der Waals surface area (Å²) in [5.74, 6) is -0.609. The highest BCUT2D eigenvalue weighted by molar-refractivity contribution is 6.06. The number of likely N-dealkylation sites (N-methyl/N-ethyl adjacent to an activating group) is 1. The number of pyridine rings is 1. The van der Waals surface area contributed by atoms with Gasteiger partial charge in [0.25, 0.3) is 5.91 Å². The standard InChI is InChI=1S/C16H18FN3O2.ClH/c1-18-9-11-3-2-6-20(11)16(22)13-8-15(21)19-14-7-10(17)4-5-12(13)14;/h4-5,7-8,11,18H,2-3,6,9H2,1H3,(H,19,21);1H. The summed E-state index contributed by atoms with van der Waals surface area (Å²) in [5, 5.41) is 3.66. The van der Waals surface area contributed by atoms with Crippen LogP contribution >= 0.6 is 12.4 Å². The van der Waals surface area contributed by atoms with Gasteiger partial charge in [-0.25, -0.2) is 4.39 Å². The van der Waals surface area contributed by atoms with Gasteiger partial charge in [-0.3, -0.25) is 9.59 Å². The van der Waals surface area contributed by atoms with E-state index >= 15 is 0 Å². The summed E-state index contributed by atoms with van der Waals surface area (Å²) in [5.41, 5.74) is 0.285. The topological polar surface area (TPSA) is 65.2 Å². The molecular weight excluding hydrogens is 321 g/mol. The van der Waals surface area contributed by atoms with Gasteiger partial charge in [0.15, 0.2) is 0 Å². The highest BCUT2D eigenvalue weighted by atomic mass is 35.5. The highest BCUT2D eigenvalue weighted by Gasteiger charge is 2.29. The summed E-state index contributed by atoms with van der Waals surface area (Å²) in [7, 11) is 1.85. The van der Waals surface area contributed by atoms with E-state index in [1.54, 1.807) is 4.90 Å². The second-order valence-electron chi connectivity index (χ2n) is 5.59. The Bertz CT molecular complexity index is 777. The van der Waals surface area contributed by atoms with Gasteiger partial charge in [-0.2, -0.15) is 0 Å². The van der Waals surface area contributed by atoms with Crippen LogP contribution in [0.1, 0.15) is 23.2 Å². The van der Waals surface area contributed by atoms with Crippen molar-refractivity contribution < 1.29 is 9.18 Å². The largest absolute Gasteiger partial charge is 0.334 e. The van der Waals surface area contributed by atoms with Crippen molar-refractivity contribution in [1.82, 2.24) is 15.2 Å². The Balaban J connectivity index is 0.00000192. The van der Waals surface area contributed by atoms with E-state index in [9.17, 15) is 14.0 Å². The Morgan fingerprint density at radius 2 is 2.22 bits per heavy atom. The number of rotatable bonds is 3. The van der Waals surface area contributed by atoms with E-state index in [2.05, 4.69) is 10.3 Å². The molecule has 1 aromatic carbocycles. The summed E-state index contributed by atoms with van der Waals surface area (Å²) < 4.78 is 13.3. The van der Waals surface area contributed by atoms with Gasteiger partial charge in [0.2, 0.25) is 5.56 Å². The number of H-pyrrole nitrogens is 1. The van der Waals surface area contributed by atoms with Crippen molar-refractivity contribution in [3.05, 3.63) is 46.0 Å². The summed E-state index contributed by atoms with van der Waals surface area (Å²) in [4.78, 5) is 29.0. The van der Waals surface area contributed by atoms with Crippen molar-refractivity contribution in [2.75, 3.05) is 20.1 Å². The molecule has 1 aliphatic rings. The zero-order chi connectivity index (χ0) is 15.7. The minimum absolute atomic E-state index is 0. The predicted molar refractivity (Wildman–Crippen MR) is 89.8 cm³/mol. The van der Waals surface area contributed by atoms with Crippen molar-refractivity contribution >= 4 is 29.2 Å². The maximum atomic E-state index is 13.3. The Kier molecular flexibility index (Phi) is 5.38. The van der Waals surface area contributed by atoms with Crippen LogP contribution in [-0.4, -0.2) is 42.0 Å². The molecule has 124 valence electrons. The number of nitrogens with zero attached hydrogens (tertiary/aromatic N) is 1. The number of nitrogens with one attached hydrogen (secondary N) is 2. The van der Waals surface area contributed by atoms with Crippen LogP contribution in [0.4, 0.5) is 4.39 Å². The van der Waals surface area contributed by atoms with Gasteiger partial charge in [-0.1, -0.05) is 0 Å². The van der Waals surface area contributed by atoms with Gasteiger partial charge in [-0.05, 0) is 38.1 Å². The summed E-state index contributed by atoms with van der Waals surface area (Å²) >= 11 is 0. The lowest BCUT2D eigenvalue weighted by atomic mass is 10.1. The summed E-state index contributed by atoms with van der Waals surface area (Å²) in [6, 6.07) is 5.51. The third kappa shape index (κ3) is 3.38. The Hall–Kier alpha value is -1.92. The minimum Gasteiger partial charge on any atom is -0.334 e. The molecule has 23 heavy (non-hydrogen) atoms. The number of hydrogen-bond donors (Lipinski definition) is 2. The number of amides is 1. The molecule has 0 spiro atoms. The van der Waals surface area contributed by atoms with Crippen LogP contribution in [0.15, 0.2) is 29.1 Å². The Labute approximate surface area is 139 Å². The molecule has 1 unspecified atom stereocenters. The van der Waals surface area contributed by atoms with Gasteiger partial charge >= 0.3 is 0 Å². The SMILES string of the molecule is CNCC1CCCN1C(=O)c1cc(=O)[nH]c2cc(F)ccc12.Cl. The first-order valence-corrected chi connectivity index (χ1v) is 7.38. The maximum Gasteiger partial charge on any atom is 0.255 e. The molecule has 3 rings (SSSR count). The Morgan fingerprint density at radius 3 is 2.96 bits per heavy atom. The van der Waals surface area contributed by atoms with Crippen LogP contribution in [0.2, 0.25) is 0 Å². The van der Waals surface area contributed by atoms with Crippen molar-refractivity contribution in [3.63, 3.8) is 0 Å². The fraction of sp³-hybridized carbons (Fsp3) is 0.375. The first-order chi connectivity index (χ1) is 10.6. The van der Waals surface area contributed by atoms with Gasteiger partial charge in [0, 0.05) is 30.6 Å². The predicted octanol–water partition coefficient (Wildman–Crippen LogP) is 1.91. The number of halogens is 2. The molecule has 1 aromatic heterocycles. The van der Waals surface area contributed by atoms with E-state index in [0.717, 1.165) is 19.4 Å². The maximum absolute atomic E-state index is 13.3.